The molecule has 8 heteroatoms. The number of hydrogen-bond donors (Lipinski definition) is 2. The Labute approximate surface area is 193 Å². The third-order valence-corrected chi connectivity index (χ3v) is 4.73. The molecule has 3 aromatic carbocycles. The fraction of sp³-hybridized carbons (Fsp3) is 0.125. The quantitative estimate of drug-likeness (QED) is 0.199. The molecule has 0 radical (unpaired) electrons. The number of phenolic OH excluding ortho intramolecular Hbond substituents is 1. The third kappa shape index (κ3) is 6.42. The molecule has 0 aliphatic carbocycles. The minimum absolute atomic E-state index is 0.0637. The summed E-state index contributed by atoms with van der Waals surface area (Å²) in [6, 6.07) is 17.6. The Balaban J connectivity index is 1.69. The minimum atomic E-state index is -0.530. The first-order valence-electron chi connectivity index (χ1n) is 9.83. The van der Waals surface area contributed by atoms with E-state index in [-0.39, 0.29) is 11.5 Å². The van der Waals surface area contributed by atoms with Crippen molar-refractivity contribution >= 4 is 34.0 Å². The molecule has 0 spiro atoms. The van der Waals surface area contributed by atoms with Crippen LogP contribution in [0.1, 0.15) is 39.6 Å². The van der Waals surface area contributed by atoms with Crippen LogP contribution in [0.5, 0.6) is 17.2 Å². The lowest BCUT2D eigenvalue weighted by Crippen LogP contribution is -2.17. The molecule has 0 unspecified atom stereocenters. The van der Waals surface area contributed by atoms with Gasteiger partial charge in [-0.1, -0.05) is 22.9 Å². The summed E-state index contributed by atoms with van der Waals surface area (Å²) in [4.78, 5) is 24.7. The van der Waals surface area contributed by atoms with Crippen LogP contribution in [0.3, 0.4) is 0 Å². The Bertz CT molecular complexity index is 1110. The number of nitrogens with zero attached hydrogens (tertiary/aromatic N) is 1. The summed E-state index contributed by atoms with van der Waals surface area (Å²) in [6.07, 6.45) is 2.28. The van der Waals surface area contributed by atoms with Crippen LogP contribution in [0.4, 0.5) is 0 Å². The van der Waals surface area contributed by atoms with Gasteiger partial charge in [0.15, 0.2) is 0 Å². The lowest BCUT2D eigenvalue weighted by Gasteiger charge is -2.09. The molecule has 3 aromatic rings. The third-order valence-electron chi connectivity index (χ3n) is 4.24. The smallest absolute Gasteiger partial charge is 0.343 e. The van der Waals surface area contributed by atoms with E-state index < -0.39 is 11.9 Å². The molecule has 7 nitrogen and oxygen atoms in total. The fourth-order valence-electron chi connectivity index (χ4n) is 2.62. The molecule has 0 aliphatic rings. The Hall–Kier alpha value is -3.65. The lowest BCUT2D eigenvalue weighted by atomic mass is 10.2. The molecule has 0 heterocycles. The van der Waals surface area contributed by atoms with Crippen molar-refractivity contribution in [1.29, 1.82) is 0 Å². The van der Waals surface area contributed by atoms with Crippen LogP contribution >= 0.6 is 15.9 Å². The molecular formula is C24H21BrN2O5. The molecule has 2 N–H and O–H groups in total. The van der Waals surface area contributed by atoms with Crippen molar-refractivity contribution in [2.45, 2.75) is 13.3 Å². The van der Waals surface area contributed by atoms with Gasteiger partial charge in [0.05, 0.1) is 18.4 Å². The molecule has 0 aromatic heterocycles. The number of phenols is 1. The summed E-state index contributed by atoms with van der Waals surface area (Å²) < 4.78 is 11.8. The van der Waals surface area contributed by atoms with Crippen molar-refractivity contribution in [2.24, 2.45) is 5.10 Å². The summed E-state index contributed by atoms with van der Waals surface area (Å²) >= 11 is 3.37. The first-order chi connectivity index (χ1) is 15.5. The first kappa shape index (κ1) is 23.0. The van der Waals surface area contributed by atoms with Crippen LogP contribution in [-0.2, 0) is 0 Å². The highest BCUT2D eigenvalue weighted by Gasteiger charge is 2.12. The van der Waals surface area contributed by atoms with Crippen molar-refractivity contribution in [2.75, 3.05) is 6.61 Å². The normalized spacial score (nSPS) is 10.7. The van der Waals surface area contributed by atoms with Crippen LogP contribution in [0.25, 0.3) is 0 Å². The maximum atomic E-state index is 12.6. The van der Waals surface area contributed by atoms with Gasteiger partial charge in [0, 0.05) is 15.6 Å². The van der Waals surface area contributed by atoms with Gasteiger partial charge in [-0.25, -0.2) is 10.2 Å². The van der Waals surface area contributed by atoms with E-state index in [1.54, 1.807) is 42.5 Å². The number of hydrazone groups is 1. The average molecular weight is 497 g/mol. The molecule has 32 heavy (non-hydrogen) atoms. The largest absolute Gasteiger partial charge is 0.508 e. The second-order valence-electron chi connectivity index (χ2n) is 6.69. The summed E-state index contributed by atoms with van der Waals surface area (Å²) in [5.41, 5.74) is 3.60. The molecule has 164 valence electrons. The lowest BCUT2D eigenvalue weighted by molar-refractivity contribution is 0.0734. The molecule has 0 atom stereocenters. The van der Waals surface area contributed by atoms with Gasteiger partial charge in [-0.3, -0.25) is 4.79 Å². The molecule has 1 amide bonds. The Kier molecular flexibility index (Phi) is 7.99. The number of aromatic hydroxyl groups is 1. The summed E-state index contributed by atoms with van der Waals surface area (Å²) in [6.45, 7) is 2.62. The van der Waals surface area contributed by atoms with Gasteiger partial charge in [-0.05, 0) is 73.2 Å². The number of nitrogens with one attached hydrogen (secondary N) is 1. The van der Waals surface area contributed by atoms with E-state index in [2.05, 4.69) is 26.5 Å². The van der Waals surface area contributed by atoms with E-state index in [4.69, 9.17) is 9.47 Å². The summed E-state index contributed by atoms with van der Waals surface area (Å²) in [5, 5.41) is 13.3. The molecule has 0 saturated heterocycles. The van der Waals surface area contributed by atoms with Crippen molar-refractivity contribution in [3.8, 4) is 17.2 Å². The van der Waals surface area contributed by atoms with E-state index in [1.165, 1.54) is 30.5 Å². The highest BCUT2D eigenvalue weighted by molar-refractivity contribution is 9.10. The monoisotopic (exact) mass is 496 g/mol. The number of carbonyl (C=O) groups is 2. The van der Waals surface area contributed by atoms with E-state index in [9.17, 15) is 14.7 Å². The zero-order valence-electron chi connectivity index (χ0n) is 17.2. The molecule has 0 fully saturated rings. The highest BCUT2D eigenvalue weighted by atomic mass is 79.9. The van der Waals surface area contributed by atoms with Gasteiger partial charge < -0.3 is 14.6 Å². The number of rotatable bonds is 8. The fourth-order valence-corrected chi connectivity index (χ4v) is 3.00. The Morgan fingerprint density at radius 1 is 1.03 bits per heavy atom. The molecular weight excluding hydrogens is 476 g/mol. The van der Waals surface area contributed by atoms with Gasteiger partial charge in [0.1, 0.15) is 17.2 Å². The van der Waals surface area contributed by atoms with Crippen LogP contribution in [0, 0.1) is 0 Å². The van der Waals surface area contributed by atoms with Gasteiger partial charge >= 0.3 is 5.97 Å². The van der Waals surface area contributed by atoms with Crippen LogP contribution in [-0.4, -0.2) is 29.8 Å². The Morgan fingerprint density at radius 3 is 2.41 bits per heavy atom. The van der Waals surface area contributed by atoms with Gasteiger partial charge in [0.2, 0.25) is 0 Å². The van der Waals surface area contributed by atoms with Crippen molar-refractivity contribution in [1.82, 2.24) is 5.43 Å². The van der Waals surface area contributed by atoms with Gasteiger partial charge in [-0.15, -0.1) is 0 Å². The second kappa shape index (κ2) is 11.1. The van der Waals surface area contributed by atoms with Crippen LogP contribution < -0.4 is 14.9 Å². The second-order valence-corrected chi connectivity index (χ2v) is 7.61. The number of amides is 1. The van der Waals surface area contributed by atoms with Gasteiger partial charge in [-0.2, -0.15) is 5.10 Å². The van der Waals surface area contributed by atoms with E-state index >= 15 is 0 Å². The predicted octanol–water partition coefficient (Wildman–Crippen LogP) is 4.93. The van der Waals surface area contributed by atoms with Gasteiger partial charge in [0.25, 0.3) is 5.91 Å². The molecule has 0 aliphatic heterocycles. The predicted molar refractivity (Wildman–Crippen MR) is 124 cm³/mol. The Morgan fingerprint density at radius 2 is 1.72 bits per heavy atom. The molecule has 0 bridgehead atoms. The average Bonchev–Trinajstić information content (AvgIpc) is 2.80. The topological polar surface area (TPSA) is 97.2 Å². The van der Waals surface area contributed by atoms with Crippen molar-refractivity contribution in [3.63, 3.8) is 0 Å². The standard InChI is InChI=1S/C24H21BrN2O5/c1-2-13-31-21-10-5-17(6-11-21)24(30)32-22-12-7-19(25)14-18(22)15-26-27-23(29)16-3-8-20(28)9-4-16/h3-12,14-15,28H,2,13H2,1H3,(H,27,29)/b26-15+. The SMILES string of the molecule is CCCOc1ccc(C(=O)Oc2ccc(Br)cc2/C=N/NC(=O)c2ccc(O)cc2)cc1. The maximum absolute atomic E-state index is 12.6. The summed E-state index contributed by atoms with van der Waals surface area (Å²) in [7, 11) is 0. The van der Waals surface area contributed by atoms with Crippen molar-refractivity contribution < 1.29 is 24.2 Å². The molecule has 3 rings (SSSR count). The van der Waals surface area contributed by atoms with Crippen LogP contribution in [0.15, 0.2) is 76.3 Å². The zero-order valence-corrected chi connectivity index (χ0v) is 18.8. The van der Waals surface area contributed by atoms with Crippen molar-refractivity contribution in [3.05, 3.63) is 87.9 Å². The van der Waals surface area contributed by atoms with E-state index in [0.717, 1.165) is 10.9 Å². The number of hydrogen-bond acceptors (Lipinski definition) is 6. The summed E-state index contributed by atoms with van der Waals surface area (Å²) in [5.74, 6) is 0.0578. The maximum Gasteiger partial charge on any atom is 0.343 e. The number of carbonyl (C=O) groups excluding carboxylic acids is 2. The molecule has 0 saturated carbocycles. The zero-order chi connectivity index (χ0) is 22.9. The highest BCUT2D eigenvalue weighted by Crippen LogP contribution is 2.23. The number of ether oxygens (including phenoxy) is 2. The first-order valence-corrected chi connectivity index (χ1v) is 10.6. The minimum Gasteiger partial charge on any atom is -0.508 e. The number of halogens is 1. The van der Waals surface area contributed by atoms with E-state index in [0.29, 0.717) is 29.0 Å². The van der Waals surface area contributed by atoms with E-state index in [1.807, 2.05) is 6.92 Å². The number of benzene rings is 3. The van der Waals surface area contributed by atoms with Crippen LogP contribution in [0.2, 0.25) is 0 Å². The number of esters is 1.